The molecule has 2 bridgehead atoms. The van der Waals surface area contributed by atoms with Crippen LogP contribution in [0.25, 0.3) is 0 Å². The first-order valence-electron chi connectivity index (χ1n) is 8.51. The second-order valence-electron chi connectivity index (χ2n) is 7.36. The van der Waals surface area contributed by atoms with Gasteiger partial charge in [0.05, 0.1) is 23.0 Å². The first kappa shape index (κ1) is 15.7. The van der Waals surface area contributed by atoms with E-state index < -0.39 is 4.92 Å². The van der Waals surface area contributed by atoms with Crippen molar-refractivity contribution in [3.8, 4) is 0 Å². The van der Waals surface area contributed by atoms with Gasteiger partial charge in [-0.05, 0) is 36.2 Å². The van der Waals surface area contributed by atoms with E-state index >= 15 is 0 Å². The molecule has 1 saturated heterocycles. The van der Waals surface area contributed by atoms with Crippen molar-refractivity contribution >= 4 is 35.3 Å². The van der Waals surface area contributed by atoms with Crippen LogP contribution in [0.1, 0.15) is 12.0 Å². The molecule has 3 fully saturated rings. The van der Waals surface area contributed by atoms with Crippen molar-refractivity contribution in [1.29, 1.82) is 0 Å². The number of hydrogen-bond acceptors (Lipinski definition) is 5. The lowest BCUT2D eigenvalue weighted by molar-refractivity contribution is -0.384. The summed E-state index contributed by atoms with van der Waals surface area (Å²) in [6.07, 6.45) is 6.60. The van der Waals surface area contributed by atoms with E-state index in [0.717, 1.165) is 11.4 Å². The number of amides is 2. The predicted molar refractivity (Wildman–Crippen MR) is 92.3 cm³/mol. The molecule has 5 aliphatic rings. The normalized spacial score (nSPS) is 36.6. The topological polar surface area (TPSA) is 92.9 Å². The van der Waals surface area contributed by atoms with E-state index in [1.807, 2.05) is 0 Å². The molecule has 1 heterocycles. The monoisotopic (exact) mass is 371 g/mol. The lowest BCUT2D eigenvalue weighted by Crippen LogP contribution is -2.40. The average molecular weight is 372 g/mol. The summed E-state index contributed by atoms with van der Waals surface area (Å²) in [5.41, 5.74) is 0.159. The third-order valence-corrected chi connectivity index (χ3v) is 6.45. The number of hydrogen-bond donors (Lipinski definition) is 0. The maximum Gasteiger partial charge on any atom is 0.288 e. The van der Waals surface area contributed by atoms with E-state index in [1.54, 1.807) is 6.07 Å². The molecule has 7 nitrogen and oxygen atoms in total. The SMILES string of the molecule is O=C1[C@H]2[C@@H]3C=C[C@H]([C@@H]4C[C@H]34)[C@@H]2C(=O)N1/N=C\c1ccc(Cl)c([N+](=O)[O-])c1. The van der Waals surface area contributed by atoms with Gasteiger partial charge in [-0.25, -0.2) is 0 Å². The lowest BCUT2D eigenvalue weighted by atomic mass is 9.63. The fraction of sp³-hybridized carbons (Fsp3) is 0.389. The Labute approximate surface area is 153 Å². The molecule has 8 heteroatoms. The Hall–Kier alpha value is -2.54. The number of carbonyl (C=O) groups is 2. The van der Waals surface area contributed by atoms with Gasteiger partial charge in [-0.15, -0.1) is 0 Å². The zero-order valence-electron chi connectivity index (χ0n) is 13.5. The van der Waals surface area contributed by atoms with E-state index in [4.69, 9.17) is 11.6 Å². The fourth-order valence-electron chi connectivity index (χ4n) is 4.93. The number of halogens is 1. The standard InChI is InChI=1S/C18H14ClN3O4/c19-13-4-1-8(5-14(13)22(25)26)7-20-21-17(23)15-9-2-3-10(12-6-11(9)12)16(15)18(21)24/h1-5,7,9-12,15-16H,6H2/b20-7-/t9-,10-,11-,12+,15+,16+/m1/s1. The summed E-state index contributed by atoms with van der Waals surface area (Å²) in [6.45, 7) is 0. The number of nitro groups is 1. The molecule has 2 saturated carbocycles. The minimum absolute atomic E-state index is 0.0216. The van der Waals surface area contributed by atoms with E-state index in [9.17, 15) is 19.7 Å². The number of nitro benzene ring substituents is 1. The van der Waals surface area contributed by atoms with Crippen LogP contribution in [0, 0.1) is 45.6 Å². The van der Waals surface area contributed by atoms with E-state index in [-0.39, 0.29) is 46.2 Å². The van der Waals surface area contributed by atoms with Crippen LogP contribution in [0.2, 0.25) is 5.02 Å². The summed E-state index contributed by atoms with van der Waals surface area (Å²) in [5.74, 6) is 0.216. The molecule has 132 valence electrons. The van der Waals surface area contributed by atoms with Gasteiger partial charge < -0.3 is 0 Å². The van der Waals surface area contributed by atoms with Crippen molar-refractivity contribution in [2.45, 2.75) is 6.42 Å². The summed E-state index contributed by atoms with van der Waals surface area (Å²) in [5, 5.41) is 16.0. The molecule has 4 aliphatic carbocycles. The van der Waals surface area contributed by atoms with Gasteiger partial charge in [0, 0.05) is 11.6 Å². The smallest absolute Gasteiger partial charge is 0.272 e. The maximum absolute atomic E-state index is 12.8. The van der Waals surface area contributed by atoms with Crippen LogP contribution < -0.4 is 0 Å². The molecule has 0 N–H and O–H groups in total. The van der Waals surface area contributed by atoms with Gasteiger partial charge >= 0.3 is 0 Å². The highest BCUT2D eigenvalue weighted by atomic mass is 35.5. The zero-order chi connectivity index (χ0) is 18.2. The Bertz CT molecular complexity index is 891. The van der Waals surface area contributed by atoms with Crippen LogP contribution in [0.4, 0.5) is 5.69 Å². The number of allylic oxidation sites excluding steroid dienone is 2. The molecule has 2 amide bonds. The van der Waals surface area contributed by atoms with Gasteiger partial charge in [-0.3, -0.25) is 19.7 Å². The number of imide groups is 1. The first-order valence-corrected chi connectivity index (χ1v) is 8.89. The second-order valence-corrected chi connectivity index (χ2v) is 7.76. The quantitative estimate of drug-likeness (QED) is 0.268. The third kappa shape index (κ3) is 2.03. The van der Waals surface area contributed by atoms with Crippen molar-refractivity contribution < 1.29 is 14.5 Å². The molecule has 1 aliphatic heterocycles. The van der Waals surface area contributed by atoms with Gasteiger partial charge in [0.2, 0.25) is 0 Å². The van der Waals surface area contributed by atoms with Crippen molar-refractivity contribution in [3.05, 3.63) is 51.1 Å². The minimum atomic E-state index is -0.587. The Balaban J connectivity index is 1.43. The molecule has 0 unspecified atom stereocenters. The number of carbonyl (C=O) groups excluding carboxylic acids is 2. The predicted octanol–water partition coefficient (Wildman–Crippen LogP) is 2.64. The van der Waals surface area contributed by atoms with Crippen molar-refractivity contribution in [2.24, 2.45) is 40.6 Å². The number of benzene rings is 1. The molecule has 1 aromatic rings. The highest BCUT2D eigenvalue weighted by Gasteiger charge is 2.67. The van der Waals surface area contributed by atoms with Crippen LogP contribution in [0.5, 0.6) is 0 Å². The van der Waals surface area contributed by atoms with Crippen LogP contribution in [0.15, 0.2) is 35.5 Å². The highest BCUT2D eigenvalue weighted by Crippen LogP contribution is 2.65. The van der Waals surface area contributed by atoms with E-state index in [1.165, 1.54) is 18.3 Å². The molecule has 0 aromatic heterocycles. The van der Waals surface area contributed by atoms with Crippen molar-refractivity contribution in [2.75, 3.05) is 0 Å². The number of rotatable bonds is 3. The fourth-order valence-corrected chi connectivity index (χ4v) is 5.12. The summed E-state index contributed by atoms with van der Waals surface area (Å²) in [7, 11) is 0. The maximum atomic E-state index is 12.8. The Morgan fingerprint density at radius 3 is 2.35 bits per heavy atom. The molecule has 1 aromatic carbocycles. The molecular weight excluding hydrogens is 358 g/mol. The molecule has 6 rings (SSSR count). The minimum Gasteiger partial charge on any atom is -0.272 e. The lowest BCUT2D eigenvalue weighted by Gasteiger charge is -2.37. The average Bonchev–Trinajstić information content (AvgIpc) is 3.40. The summed E-state index contributed by atoms with van der Waals surface area (Å²) >= 11 is 5.79. The van der Waals surface area contributed by atoms with Gasteiger partial charge in [0.25, 0.3) is 17.5 Å². The first-order chi connectivity index (χ1) is 12.5. The molecule has 0 spiro atoms. The largest absolute Gasteiger partial charge is 0.288 e. The van der Waals surface area contributed by atoms with Crippen molar-refractivity contribution in [1.82, 2.24) is 5.01 Å². The number of hydrazone groups is 1. The van der Waals surface area contributed by atoms with Gasteiger partial charge in [0.15, 0.2) is 0 Å². The number of nitrogens with zero attached hydrogens (tertiary/aromatic N) is 3. The summed E-state index contributed by atoms with van der Waals surface area (Å²) < 4.78 is 0. The molecule has 0 radical (unpaired) electrons. The second kappa shape index (κ2) is 5.23. The zero-order valence-corrected chi connectivity index (χ0v) is 14.2. The Morgan fingerprint density at radius 1 is 1.15 bits per heavy atom. The van der Waals surface area contributed by atoms with Crippen LogP contribution >= 0.6 is 11.6 Å². The highest BCUT2D eigenvalue weighted by molar-refractivity contribution is 6.32. The summed E-state index contributed by atoms with van der Waals surface area (Å²) in [4.78, 5) is 36.0. The third-order valence-electron chi connectivity index (χ3n) is 6.13. The van der Waals surface area contributed by atoms with Crippen LogP contribution in [-0.2, 0) is 9.59 Å². The Morgan fingerprint density at radius 2 is 1.77 bits per heavy atom. The van der Waals surface area contributed by atoms with Crippen LogP contribution in [0.3, 0.4) is 0 Å². The van der Waals surface area contributed by atoms with E-state index in [2.05, 4.69) is 17.3 Å². The Kier molecular flexibility index (Phi) is 3.16. The van der Waals surface area contributed by atoms with Gasteiger partial charge in [0.1, 0.15) is 5.02 Å². The molecule has 26 heavy (non-hydrogen) atoms. The van der Waals surface area contributed by atoms with E-state index in [0.29, 0.717) is 17.4 Å². The van der Waals surface area contributed by atoms with Crippen LogP contribution in [-0.4, -0.2) is 28.0 Å². The van der Waals surface area contributed by atoms with Gasteiger partial charge in [-0.2, -0.15) is 10.1 Å². The van der Waals surface area contributed by atoms with Crippen molar-refractivity contribution in [3.63, 3.8) is 0 Å². The summed E-state index contributed by atoms with van der Waals surface area (Å²) in [6, 6.07) is 4.22. The van der Waals surface area contributed by atoms with Gasteiger partial charge in [-0.1, -0.05) is 29.8 Å². The molecular formula is C18H14ClN3O4. The molecule has 6 atom stereocenters.